The van der Waals surface area contributed by atoms with Gasteiger partial charge in [0.1, 0.15) is 5.82 Å². The fourth-order valence-corrected chi connectivity index (χ4v) is 4.03. The van der Waals surface area contributed by atoms with E-state index in [1.807, 2.05) is 19.1 Å². The average molecular weight is 397 g/mol. The van der Waals surface area contributed by atoms with E-state index in [0.29, 0.717) is 27.7 Å². The lowest BCUT2D eigenvalue weighted by Crippen LogP contribution is -2.60. The Morgan fingerprint density at radius 2 is 1.96 bits per heavy atom. The molecule has 2 heterocycles. The van der Waals surface area contributed by atoms with Crippen molar-refractivity contribution in [3.8, 4) is 11.3 Å². The van der Waals surface area contributed by atoms with Crippen LogP contribution in [0.25, 0.3) is 11.3 Å². The van der Waals surface area contributed by atoms with Crippen LogP contribution in [-0.2, 0) is 4.79 Å². The number of benzene rings is 2. The molecule has 28 heavy (non-hydrogen) atoms. The molecule has 0 spiro atoms. The van der Waals surface area contributed by atoms with Crippen LogP contribution in [0.15, 0.2) is 58.5 Å². The Hall–Kier alpha value is -3.00. The van der Waals surface area contributed by atoms with Crippen molar-refractivity contribution in [1.29, 1.82) is 0 Å². The molecule has 0 bridgehead atoms. The van der Waals surface area contributed by atoms with Crippen molar-refractivity contribution >= 4 is 23.4 Å². The number of fused-ring (bicyclic) bond motifs is 3. The van der Waals surface area contributed by atoms with Crippen molar-refractivity contribution < 1.29 is 13.9 Å². The van der Waals surface area contributed by atoms with Crippen LogP contribution in [0, 0.1) is 5.82 Å². The molecule has 0 saturated heterocycles. The minimum Gasteiger partial charge on any atom is -0.291 e. The normalized spacial score (nSPS) is 15.1. The summed E-state index contributed by atoms with van der Waals surface area (Å²) in [6.07, 6.45) is -0.693. The zero-order valence-electron chi connectivity index (χ0n) is 15.3. The fourth-order valence-electron chi connectivity index (χ4n) is 3.45. The molecule has 4 rings (SSSR count). The third kappa shape index (κ3) is 2.99. The highest BCUT2D eigenvalue weighted by Crippen LogP contribution is 2.37. The molecule has 8 heteroatoms. The Balaban J connectivity index is 2.06. The van der Waals surface area contributed by atoms with Crippen molar-refractivity contribution in [3.05, 3.63) is 70.3 Å². The second-order valence-electron chi connectivity index (χ2n) is 6.32. The van der Waals surface area contributed by atoms with Crippen molar-refractivity contribution in [1.82, 2.24) is 10.1 Å². The van der Waals surface area contributed by atoms with Crippen molar-refractivity contribution in [2.45, 2.75) is 25.2 Å². The summed E-state index contributed by atoms with van der Waals surface area (Å²) in [5, 5.41) is 5.08. The zero-order valence-corrected chi connectivity index (χ0v) is 16.2. The minimum absolute atomic E-state index is 0.202. The first-order valence-corrected chi connectivity index (χ1v) is 9.83. The van der Waals surface area contributed by atoms with Gasteiger partial charge in [0.05, 0.1) is 11.3 Å². The van der Waals surface area contributed by atoms with Gasteiger partial charge in [-0.15, -0.1) is 0 Å². The molecule has 142 valence electrons. The van der Waals surface area contributed by atoms with Gasteiger partial charge >= 0.3 is 11.3 Å². The van der Waals surface area contributed by atoms with Crippen molar-refractivity contribution in [2.75, 3.05) is 10.7 Å². The zero-order chi connectivity index (χ0) is 19.8. The Morgan fingerprint density at radius 1 is 1.25 bits per heavy atom. The van der Waals surface area contributed by atoms with Crippen LogP contribution in [-0.4, -0.2) is 21.7 Å². The number of aromatic amines is 1. The number of nitrogens with one attached hydrogen (secondary N) is 1. The number of carbonyl (C=O) groups is 1. The smallest absolute Gasteiger partial charge is 0.291 e. The minimum atomic E-state index is -0.693. The summed E-state index contributed by atoms with van der Waals surface area (Å²) in [6.45, 7) is 3.43. The number of thioether (sulfide) groups is 1. The van der Waals surface area contributed by atoms with E-state index in [-0.39, 0.29) is 17.3 Å². The van der Waals surface area contributed by atoms with Crippen LogP contribution >= 0.6 is 11.8 Å². The summed E-state index contributed by atoms with van der Waals surface area (Å²) in [6, 6.07) is 13.1. The van der Waals surface area contributed by atoms with Crippen molar-refractivity contribution in [3.63, 3.8) is 0 Å². The number of carbonyl (C=O) groups excluding carboxylic acids is 1. The number of hydrogen-bond acceptors (Lipinski definition) is 4. The molecule has 1 amide bonds. The average Bonchev–Trinajstić information content (AvgIpc) is 2.67. The topological polar surface area (TPSA) is 69.9 Å². The van der Waals surface area contributed by atoms with E-state index < -0.39 is 6.17 Å². The number of halogens is 1. The number of anilines is 1. The van der Waals surface area contributed by atoms with Gasteiger partial charge in [-0.05, 0) is 46.8 Å². The molecule has 6 nitrogen and oxygen atoms in total. The standard InChI is InChI=1S/C20H17FN4O2S/c1-3-28-20-22-18(27)17-15-6-4-5-7-16(15)24(12(2)26)19(25(17)23-20)13-8-10-14(21)11-9-13/h4-11,19H,3H2,1-2H3/p+1. The third-order valence-electron chi connectivity index (χ3n) is 4.55. The molecular weight excluding hydrogens is 379 g/mol. The predicted octanol–water partition coefficient (Wildman–Crippen LogP) is 2.89. The second kappa shape index (κ2) is 7.20. The van der Waals surface area contributed by atoms with Gasteiger partial charge in [-0.25, -0.2) is 9.29 Å². The van der Waals surface area contributed by atoms with Crippen LogP contribution < -0.4 is 15.1 Å². The monoisotopic (exact) mass is 397 g/mol. The molecule has 0 fully saturated rings. The lowest BCUT2D eigenvalue weighted by molar-refractivity contribution is -0.763. The second-order valence-corrected chi connectivity index (χ2v) is 7.57. The molecule has 0 saturated carbocycles. The highest BCUT2D eigenvalue weighted by atomic mass is 32.2. The molecular formula is C20H18FN4O2S+. The van der Waals surface area contributed by atoms with E-state index in [2.05, 4.69) is 10.1 Å². The first kappa shape index (κ1) is 18.4. The van der Waals surface area contributed by atoms with Crippen LogP contribution in [0.4, 0.5) is 10.1 Å². The maximum absolute atomic E-state index is 13.5. The molecule has 0 aliphatic carbocycles. The van der Waals surface area contributed by atoms with E-state index >= 15 is 0 Å². The molecule has 1 aliphatic rings. The predicted molar refractivity (Wildman–Crippen MR) is 105 cm³/mol. The molecule has 0 radical (unpaired) electrons. The number of rotatable bonds is 3. The number of para-hydroxylation sites is 1. The van der Waals surface area contributed by atoms with Gasteiger partial charge in [-0.1, -0.05) is 30.8 Å². The Morgan fingerprint density at radius 3 is 2.64 bits per heavy atom. The van der Waals surface area contributed by atoms with Gasteiger partial charge in [0.2, 0.25) is 11.1 Å². The summed E-state index contributed by atoms with van der Waals surface area (Å²) >= 11 is 1.40. The van der Waals surface area contributed by atoms with Crippen molar-refractivity contribution in [2.24, 2.45) is 0 Å². The van der Waals surface area contributed by atoms with Crippen LogP contribution in [0.1, 0.15) is 25.6 Å². The Bertz CT molecular complexity index is 1110. The number of H-pyrrole nitrogens is 1. The molecule has 3 aromatic rings. The van der Waals surface area contributed by atoms with E-state index in [1.165, 1.54) is 30.8 Å². The quantitative estimate of drug-likeness (QED) is 0.545. The molecule has 1 N–H and O–H groups in total. The highest BCUT2D eigenvalue weighted by Gasteiger charge is 2.44. The number of aromatic nitrogens is 3. The summed E-state index contributed by atoms with van der Waals surface area (Å²) in [5.74, 6) is 0.156. The number of amides is 1. The van der Waals surface area contributed by atoms with Crippen LogP contribution in [0.2, 0.25) is 0 Å². The van der Waals surface area contributed by atoms with Gasteiger partial charge in [-0.3, -0.25) is 14.6 Å². The van der Waals surface area contributed by atoms with Crippen LogP contribution in [0.5, 0.6) is 0 Å². The molecule has 2 aromatic carbocycles. The SMILES string of the molecule is CCSc1n[n+]2c(c(=O)[nH]1)-c1ccccc1N(C(C)=O)C2c1ccc(F)cc1. The lowest BCUT2D eigenvalue weighted by atomic mass is 10.0. The van der Waals surface area contributed by atoms with Gasteiger partial charge in [0.15, 0.2) is 0 Å². The number of nitrogens with zero attached hydrogens (tertiary/aromatic N) is 3. The summed E-state index contributed by atoms with van der Waals surface area (Å²) in [4.78, 5) is 30.0. The van der Waals surface area contributed by atoms with Gasteiger partial charge in [-0.2, -0.15) is 0 Å². The highest BCUT2D eigenvalue weighted by molar-refractivity contribution is 7.99. The van der Waals surface area contributed by atoms with Gasteiger partial charge < -0.3 is 0 Å². The molecule has 1 atom stereocenters. The third-order valence-corrected chi connectivity index (χ3v) is 5.29. The Labute approximate surface area is 165 Å². The first-order chi connectivity index (χ1) is 13.5. The maximum atomic E-state index is 13.5. The molecule has 1 unspecified atom stereocenters. The van der Waals surface area contributed by atoms with Crippen LogP contribution in [0.3, 0.4) is 0 Å². The fraction of sp³-hybridized carbons (Fsp3) is 0.200. The maximum Gasteiger partial charge on any atom is 0.325 e. The van der Waals surface area contributed by atoms with Gasteiger partial charge in [0.25, 0.3) is 6.17 Å². The van der Waals surface area contributed by atoms with E-state index in [4.69, 9.17) is 0 Å². The van der Waals surface area contributed by atoms with E-state index in [1.54, 1.807) is 33.8 Å². The summed E-state index contributed by atoms with van der Waals surface area (Å²) in [5.41, 5.74) is 1.98. The summed E-state index contributed by atoms with van der Waals surface area (Å²) < 4.78 is 15.1. The van der Waals surface area contributed by atoms with E-state index in [9.17, 15) is 14.0 Å². The number of hydrogen-bond donors (Lipinski definition) is 1. The molecule has 1 aliphatic heterocycles. The lowest BCUT2D eigenvalue weighted by Gasteiger charge is -2.31. The Kier molecular flexibility index (Phi) is 4.72. The largest absolute Gasteiger partial charge is 0.325 e. The van der Waals surface area contributed by atoms with Gasteiger partial charge in [0, 0.05) is 17.6 Å². The first-order valence-electron chi connectivity index (χ1n) is 8.85. The molecule has 1 aromatic heterocycles. The van der Waals surface area contributed by atoms with E-state index in [0.717, 1.165) is 5.75 Å². The summed E-state index contributed by atoms with van der Waals surface area (Å²) in [7, 11) is 0.